The lowest BCUT2D eigenvalue weighted by Gasteiger charge is -2.19. The van der Waals surface area contributed by atoms with Crippen molar-refractivity contribution >= 4 is 22.3 Å². The Kier molecular flexibility index (Phi) is 8.57. The lowest BCUT2D eigenvalue weighted by molar-refractivity contribution is 0.0527. The first-order valence-corrected chi connectivity index (χ1v) is 10.2. The van der Waals surface area contributed by atoms with Crippen LogP contribution >= 0.6 is 0 Å². The third kappa shape index (κ3) is 9.41. The Morgan fingerprint density at radius 2 is 1.81 bits per heavy atom. The summed E-state index contributed by atoms with van der Waals surface area (Å²) in [5.41, 5.74) is 0.500. The van der Waals surface area contributed by atoms with Crippen molar-refractivity contribution in [3.63, 3.8) is 0 Å². The molecule has 1 aromatic rings. The standard InChI is InChI=1S/C18H29N3O4S/c1-15-9-11-16(12-10-15)26(23,24)21-20-14-8-6-5-7-13-19-17(22)25-18(2,3)4/h9-12,14,21H,5-8,13H2,1-4H3,(H,19,22)/b20-14+. The second kappa shape index (κ2) is 10.2. The van der Waals surface area contributed by atoms with E-state index in [4.69, 9.17) is 4.74 Å². The van der Waals surface area contributed by atoms with Crippen molar-refractivity contribution in [1.29, 1.82) is 0 Å². The number of alkyl carbamates (subject to hydrolysis) is 1. The number of unbranched alkanes of at least 4 members (excludes halogenated alkanes) is 3. The van der Waals surface area contributed by atoms with Crippen molar-refractivity contribution < 1.29 is 17.9 Å². The molecule has 0 fully saturated rings. The maximum atomic E-state index is 12.0. The van der Waals surface area contributed by atoms with Gasteiger partial charge in [-0.25, -0.2) is 9.63 Å². The summed E-state index contributed by atoms with van der Waals surface area (Å²) in [6, 6.07) is 6.57. The molecule has 0 saturated heterocycles. The lowest BCUT2D eigenvalue weighted by Crippen LogP contribution is -2.32. The van der Waals surface area contributed by atoms with E-state index in [9.17, 15) is 13.2 Å². The number of sulfonamides is 1. The molecule has 0 bridgehead atoms. The largest absolute Gasteiger partial charge is 0.444 e. The number of aryl methyl sites for hydroxylation is 1. The third-order valence-corrected chi connectivity index (χ3v) is 4.51. The molecule has 0 atom stereocenters. The summed E-state index contributed by atoms with van der Waals surface area (Å²) in [6.07, 6.45) is 4.36. The van der Waals surface area contributed by atoms with Gasteiger partial charge in [-0.15, -0.1) is 0 Å². The molecule has 0 saturated carbocycles. The van der Waals surface area contributed by atoms with Crippen LogP contribution in [0, 0.1) is 6.92 Å². The highest BCUT2D eigenvalue weighted by Gasteiger charge is 2.15. The van der Waals surface area contributed by atoms with E-state index in [1.165, 1.54) is 0 Å². The molecule has 1 rings (SSSR count). The predicted octanol–water partition coefficient (Wildman–Crippen LogP) is 3.34. The minimum Gasteiger partial charge on any atom is -0.444 e. The van der Waals surface area contributed by atoms with Crippen LogP contribution in [-0.2, 0) is 14.8 Å². The Labute approximate surface area is 156 Å². The molecular weight excluding hydrogens is 354 g/mol. The van der Waals surface area contributed by atoms with Gasteiger partial charge >= 0.3 is 6.09 Å². The summed E-state index contributed by atoms with van der Waals surface area (Å²) in [7, 11) is -3.61. The highest BCUT2D eigenvalue weighted by molar-refractivity contribution is 7.89. The van der Waals surface area contributed by atoms with Crippen LogP contribution in [-0.4, -0.2) is 32.9 Å². The first-order chi connectivity index (χ1) is 12.1. The molecule has 0 spiro atoms. The van der Waals surface area contributed by atoms with Crippen LogP contribution < -0.4 is 10.1 Å². The van der Waals surface area contributed by atoms with Gasteiger partial charge < -0.3 is 10.1 Å². The van der Waals surface area contributed by atoms with Crippen molar-refractivity contribution in [2.45, 2.75) is 63.9 Å². The number of carbonyl (C=O) groups excluding carboxylic acids is 1. The van der Waals surface area contributed by atoms with Gasteiger partial charge in [0.25, 0.3) is 10.0 Å². The van der Waals surface area contributed by atoms with E-state index in [1.807, 2.05) is 27.7 Å². The number of rotatable bonds is 9. The fourth-order valence-electron chi connectivity index (χ4n) is 1.98. The molecule has 7 nitrogen and oxygen atoms in total. The molecular formula is C18H29N3O4S. The number of benzene rings is 1. The number of carbonyl (C=O) groups is 1. The molecule has 2 N–H and O–H groups in total. The van der Waals surface area contributed by atoms with Crippen LogP contribution in [0.2, 0.25) is 0 Å². The first-order valence-electron chi connectivity index (χ1n) is 8.67. The van der Waals surface area contributed by atoms with Crippen molar-refractivity contribution in [2.75, 3.05) is 6.54 Å². The smallest absolute Gasteiger partial charge is 0.407 e. The van der Waals surface area contributed by atoms with E-state index in [1.54, 1.807) is 30.5 Å². The Morgan fingerprint density at radius 1 is 1.15 bits per heavy atom. The van der Waals surface area contributed by atoms with Gasteiger partial charge in [0.15, 0.2) is 0 Å². The number of ether oxygens (including phenoxy) is 1. The van der Waals surface area contributed by atoms with Crippen molar-refractivity contribution in [1.82, 2.24) is 10.1 Å². The maximum absolute atomic E-state index is 12.0. The van der Waals surface area contributed by atoms with Gasteiger partial charge in [-0.3, -0.25) is 0 Å². The summed E-state index contributed by atoms with van der Waals surface area (Å²) >= 11 is 0. The molecule has 0 aliphatic carbocycles. The van der Waals surface area contributed by atoms with Crippen LogP contribution in [0.5, 0.6) is 0 Å². The molecule has 0 radical (unpaired) electrons. The zero-order valence-electron chi connectivity index (χ0n) is 15.9. The molecule has 1 aromatic carbocycles. The van der Waals surface area contributed by atoms with Crippen LogP contribution in [0.25, 0.3) is 0 Å². The Bertz CT molecular complexity index is 692. The SMILES string of the molecule is Cc1ccc(S(=O)(=O)N/N=C/CCCCCNC(=O)OC(C)(C)C)cc1. The molecule has 0 unspecified atom stereocenters. The Morgan fingerprint density at radius 3 is 2.42 bits per heavy atom. The average molecular weight is 384 g/mol. The molecule has 0 aliphatic heterocycles. The zero-order valence-corrected chi connectivity index (χ0v) is 16.7. The molecule has 8 heteroatoms. The van der Waals surface area contributed by atoms with Gasteiger partial charge in [0.1, 0.15) is 5.60 Å². The Balaban J connectivity index is 2.16. The van der Waals surface area contributed by atoms with Crippen molar-refractivity contribution in [3.05, 3.63) is 29.8 Å². The van der Waals surface area contributed by atoms with E-state index in [0.29, 0.717) is 13.0 Å². The maximum Gasteiger partial charge on any atom is 0.407 e. The topological polar surface area (TPSA) is 96.9 Å². The second-order valence-electron chi connectivity index (χ2n) is 7.00. The van der Waals surface area contributed by atoms with Gasteiger partial charge in [-0.2, -0.15) is 13.5 Å². The third-order valence-electron chi connectivity index (χ3n) is 3.27. The minimum absolute atomic E-state index is 0.188. The van der Waals surface area contributed by atoms with Gasteiger partial charge in [-0.1, -0.05) is 24.1 Å². The summed E-state index contributed by atoms with van der Waals surface area (Å²) < 4.78 is 29.1. The quantitative estimate of drug-likeness (QED) is 0.388. The first kappa shape index (κ1) is 22.0. The monoisotopic (exact) mass is 383 g/mol. The second-order valence-corrected chi connectivity index (χ2v) is 8.66. The number of hydrazone groups is 1. The van der Waals surface area contributed by atoms with Crippen LogP contribution in [0.4, 0.5) is 4.79 Å². The minimum atomic E-state index is -3.61. The van der Waals surface area contributed by atoms with E-state index in [-0.39, 0.29) is 4.90 Å². The van der Waals surface area contributed by atoms with E-state index in [0.717, 1.165) is 24.8 Å². The number of hydrogen-bond donors (Lipinski definition) is 2. The average Bonchev–Trinajstić information content (AvgIpc) is 2.52. The van der Waals surface area contributed by atoms with Crippen molar-refractivity contribution in [3.8, 4) is 0 Å². The van der Waals surface area contributed by atoms with E-state index < -0.39 is 21.7 Å². The van der Waals surface area contributed by atoms with Gasteiger partial charge in [0, 0.05) is 12.8 Å². The highest BCUT2D eigenvalue weighted by Crippen LogP contribution is 2.09. The highest BCUT2D eigenvalue weighted by atomic mass is 32.2. The van der Waals surface area contributed by atoms with Gasteiger partial charge in [-0.05, 0) is 59.1 Å². The summed E-state index contributed by atoms with van der Waals surface area (Å²) in [6.45, 7) is 7.90. The summed E-state index contributed by atoms with van der Waals surface area (Å²) in [5, 5.41) is 6.47. The number of hydrogen-bond acceptors (Lipinski definition) is 5. The van der Waals surface area contributed by atoms with E-state index >= 15 is 0 Å². The van der Waals surface area contributed by atoms with Gasteiger partial charge in [0.2, 0.25) is 0 Å². The zero-order chi connectivity index (χ0) is 19.6. The van der Waals surface area contributed by atoms with Crippen molar-refractivity contribution in [2.24, 2.45) is 5.10 Å². The molecule has 1 amide bonds. The predicted molar refractivity (Wildman–Crippen MR) is 103 cm³/mol. The molecule has 146 valence electrons. The number of amides is 1. The Hall–Kier alpha value is -2.09. The normalized spacial score (nSPS) is 12.2. The van der Waals surface area contributed by atoms with Crippen LogP contribution in [0.15, 0.2) is 34.3 Å². The molecule has 26 heavy (non-hydrogen) atoms. The van der Waals surface area contributed by atoms with Crippen LogP contribution in [0.1, 0.15) is 52.0 Å². The fourth-order valence-corrected chi connectivity index (χ4v) is 2.80. The van der Waals surface area contributed by atoms with E-state index in [2.05, 4.69) is 15.2 Å². The lowest BCUT2D eigenvalue weighted by atomic mass is 10.2. The number of nitrogens with one attached hydrogen (secondary N) is 2. The van der Waals surface area contributed by atoms with Crippen LogP contribution in [0.3, 0.4) is 0 Å². The molecule has 0 heterocycles. The van der Waals surface area contributed by atoms with Gasteiger partial charge in [0.05, 0.1) is 4.90 Å². The molecule has 0 aromatic heterocycles. The number of nitrogens with zero attached hydrogens (tertiary/aromatic N) is 1. The summed E-state index contributed by atoms with van der Waals surface area (Å²) in [4.78, 5) is 13.8. The fraction of sp³-hybridized carbons (Fsp3) is 0.556. The molecule has 0 aliphatic rings. The summed E-state index contributed by atoms with van der Waals surface area (Å²) in [5.74, 6) is 0.